The van der Waals surface area contributed by atoms with Crippen LogP contribution in [0.5, 0.6) is 5.75 Å². The van der Waals surface area contributed by atoms with Crippen molar-refractivity contribution in [2.45, 2.75) is 31.8 Å². The van der Waals surface area contributed by atoms with Gasteiger partial charge in [0.05, 0.1) is 11.5 Å². The molecule has 0 spiro atoms. The molecule has 124 valence electrons. The molecule has 7 heteroatoms. The van der Waals surface area contributed by atoms with Crippen molar-refractivity contribution in [2.24, 2.45) is 5.10 Å². The zero-order chi connectivity index (χ0) is 17.1. The first-order valence-electron chi connectivity index (χ1n) is 7.64. The molecule has 1 heterocycles. The van der Waals surface area contributed by atoms with Crippen LogP contribution in [0.15, 0.2) is 34.5 Å². The van der Waals surface area contributed by atoms with E-state index in [4.69, 9.17) is 0 Å². The van der Waals surface area contributed by atoms with Crippen molar-refractivity contribution in [1.82, 2.24) is 15.4 Å². The molecule has 1 aromatic heterocycles. The molecule has 1 amide bonds. The highest BCUT2D eigenvalue weighted by molar-refractivity contribution is 7.99. The molecule has 0 bridgehead atoms. The number of benzene rings is 1. The Balaban J connectivity index is 1.60. The van der Waals surface area contributed by atoms with E-state index in [1.807, 2.05) is 26.0 Å². The van der Waals surface area contributed by atoms with Crippen LogP contribution in [0, 0.1) is 13.8 Å². The summed E-state index contributed by atoms with van der Waals surface area (Å²) in [6, 6.07) is 7.25. The van der Waals surface area contributed by atoms with Gasteiger partial charge in [0.25, 0.3) is 5.91 Å². The topological polar surface area (TPSA) is 87.5 Å². The van der Waals surface area contributed by atoms with E-state index in [1.54, 1.807) is 12.1 Å². The third kappa shape index (κ3) is 3.73. The maximum Gasteiger partial charge on any atom is 0.250 e. The maximum atomic E-state index is 12.0. The van der Waals surface area contributed by atoms with Gasteiger partial charge in [-0.3, -0.25) is 4.79 Å². The number of fused-ring (bicyclic) bond motifs is 1. The van der Waals surface area contributed by atoms with Crippen LogP contribution in [0.2, 0.25) is 0 Å². The first kappa shape index (κ1) is 16.4. The summed E-state index contributed by atoms with van der Waals surface area (Å²) in [4.78, 5) is 20.6. The summed E-state index contributed by atoms with van der Waals surface area (Å²) in [5.41, 5.74) is 6.93. The summed E-state index contributed by atoms with van der Waals surface area (Å²) in [5.74, 6) is 0.280. The number of amides is 1. The van der Waals surface area contributed by atoms with E-state index in [0.717, 1.165) is 34.6 Å². The highest BCUT2D eigenvalue weighted by atomic mass is 32.2. The predicted molar refractivity (Wildman–Crippen MR) is 93.3 cm³/mol. The average molecular weight is 342 g/mol. The number of phenolic OH excluding ortho intramolecular Hbond substituents is 1. The summed E-state index contributed by atoms with van der Waals surface area (Å²) in [7, 11) is 0. The van der Waals surface area contributed by atoms with Gasteiger partial charge >= 0.3 is 0 Å². The second-order valence-corrected chi connectivity index (χ2v) is 6.56. The minimum atomic E-state index is -0.205. The third-order valence-corrected chi connectivity index (χ3v) is 4.53. The number of nitrogens with one attached hydrogen (secondary N) is 1. The molecule has 1 aliphatic rings. The lowest BCUT2D eigenvalue weighted by molar-refractivity contribution is -0.118. The highest BCUT2D eigenvalue weighted by Crippen LogP contribution is 2.29. The van der Waals surface area contributed by atoms with Crippen LogP contribution >= 0.6 is 11.8 Å². The Morgan fingerprint density at radius 2 is 2.04 bits per heavy atom. The van der Waals surface area contributed by atoms with Crippen LogP contribution in [0.1, 0.15) is 28.9 Å². The molecule has 0 atom stereocenters. The van der Waals surface area contributed by atoms with Crippen LogP contribution in [-0.2, 0) is 11.2 Å². The first-order valence-corrected chi connectivity index (χ1v) is 8.63. The number of hydrazone groups is 1. The van der Waals surface area contributed by atoms with Crippen LogP contribution in [0.3, 0.4) is 0 Å². The summed E-state index contributed by atoms with van der Waals surface area (Å²) >= 11 is 1.28. The largest absolute Gasteiger partial charge is 0.508 e. The van der Waals surface area contributed by atoms with Crippen molar-refractivity contribution in [1.29, 1.82) is 0 Å². The second kappa shape index (κ2) is 7.00. The fraction of sp³-hybridized carbons (Fsp3) is 0.294. The Labute approximate surface area is 144 Å². The Morgan fingerprint density at radius 1 is 1.29 bits per heavy atom. The van der Waals surface area contributed by atoms with Crippen molar-refractivity contribution in [2.75, 3.05) is 5.75 Å². The van der Waals surface area contributed by atoms with Crippen LogP contribution in [0.25, 0.3) is 0 Å². The standard InChI is InChI=1S/C17H18N4O2S/c1-10-8-11(2)19-17(18-10)24-9-16(23)21-20-14-7-6-13-12(14)4-3-5-15(13)22/h3-5,8,22H,6-7,9H2,1-2H3,(H,21,23)/b20-14+. The number of rotatable bonds is 4. The van der Waals surface area contributed by atoms with E-state index in [0.29, 0.717) is 11.6 Å². The SMILES string of the molecule is Cc1cc(C)nc(SCC(=O)N/N=C2\CCc3c(O)cccc32)n1. The summed E-state index contributed by atoms with van der Waals surface area (Å²) in [5, 5.41) is 14.6. The van der Waals surface area contributed by atoms with Crippen LogP contribution < -0.4 is 5.43 Å². The fourth-order valence-electron chi connectivity index (χ4n) is 2.65. The van der Waals surface area contributed by atoms with Crippen molar-refractivity contribution >= 4 is 23.4 Å². The lowest BCUT2D eigenvalue weighted by atomic mass is 10.1. The quantitative estimate of drug-likeness (QED) is 0.506. The Bertz CT molecular complexity index is 800. The van der Waals surface area contributed by atoms with E-state index in [2.05, 4.69) is 20.5 Å². The number of aryl methyl sites for hydroxylation is 2. The normalized spacial score (nSPS) is 14.7. The monoisotopic (exact) mass is 342 g/mol. The molecule has 2 aromatic rings. The van der Waals surface area contributed by atoms with E-state index in [9.17, 15) is 9.90 Å². The van der Waals surface area contributed by atoms with E-state index < -0.39 is 0 Å². The summed E-state index contributed by atoms with van der Waals surface area (Å²) in [6.07, 6.45) is 1.45. The minimum absolute atomic E-state index is 0.201. The number of aromatic nitrogens is 2. The first-order chi connectivity index (χ1) is 11.5. The molecule has 0 saturated heterocycles. The molecular weight excluding hydrogens is 324 g/mol. The number of thioether (sulfide) groups is 1. The van der Waals surface area contributed by atoms with Gasteiger partial charge in [0.2, 0.25) is 0 Å². The van der Waals surface area contributed by atoms with Gasteiger partial charge in [0.15, 0.2) is 5.16 Å². The van der Waals surface area contributed by atoms with Crippen molar-refractivity contribution < 1.29 is 9.90 Å². The zero-order valence-corrected chi connectivity index (χ0v) is 14.4. The smallest absolute Gasteiger partial charge is 0.250 e. The molecule has 0 unspecified atom stereocenters. The van der Waals surface area contributed by atoms with E-state index in [1.165, 1.54) is 11.8 Å². The average Bonchev–Trinajstić information content (AvgIpc) is 2.95. The van der Waals surface area contributed by atoms with Crippen molar-refractivity contribution in [3.8, 4) is 5.75 Å². The zero-order valence-electron chi connectivity index (χ0n) is 13.5. The number of hydrogen-bond donors (Lipinski definition) is 2. The van der Waals surface area contributed by atoms with Gasteiger partial charge in [-0.25, -0.2) is 15.4 Å². The number of carbonyl (C=O) groups excluding carboxylic acids is 1. The molecule has 0 fully saturated rings. The van der Waals surface area contributed by atoms with Gasteiger partial charge in [-0.2, -0.15) is 5.10 Å². The summed E-state index contributed by atoms with van der Waals surface area (Å²) < 4.78 is 0. The minimum Gasteiger partial charge on any atom is -0.508 e. The van der Waals surface area contributed by atoms with Gasteiger partial charge in [0.1, 0.15) is 5.75 Å². The molecule has 0 aliphatic heterocycles. The highest BCUT2D eigenvalue weighted by Gasteiger charge is 2.20. The Morgan fingerprint density at radius 3 is 2.79 bits per heavy atom. The molecular formula is C17H18N4O2S. The van der Waals surface area contributed by atoms with Gasteiger partial charge in [-0.1, -0.05) is 23.9 Å². The van der Waals surface area contributed by atoms with Crippen molar-refractivity contribution in [3.63, 3.8) is 0 Å². The molecule has 24 heavy (non-hydrogen) atoms. The molecule has 3 rings (SSSR count). The molecule has 1 aromatic carbocycles. The summed E-state index contributed by atoms with van der Waals surface area (Å²) in [6.45, 7) is 3.80. The van der Waals surface area contributed by atoms with Crippen LogP contribution in [0.4, 0.5) is 0 Å². The number of phenols is 1. The van der Waals surface area contributed by atoms with Crippen molar-refractivity contribution in [3.05, 3.63) is 46.8 Å². The molecule has 0 saturated carbocycles. The fourth-order valence-corrected chi connectivity index (χ4v) is 3.39. The Hall–Kier alpha value is -2.41. The number of aromatic hydroxyl groups is 1. The van der Waals surface area contributed by atoms with E-state index in [-0.39, 0.29) is 17.4 Å². The van der Waals surface area contributed by atoms with Gasteiger partial charge in [-0.15, -0.1) is 0 Å². The van der Waals surface area contributed by atoms with Gasteiger partial charge in [0, 0.05) is 22.5 Å². The molecule has 6 nitrogen and oxygen atoms in total. The number of carbonyl (C=O) groups is 1. The van der Waals surface area contributed by atoms with Crippen LogP contribution in [-0.4, -0.2) is 32.4 Å². The Kier molecular flexibility index (Phi) is 4.80. The lowest BCUT2D eigenvalue weighted by Crippen LogP contribution is -2.21. The lowest BCUT2D eigenvalue weighted by Gasteiger charge is -2.04. The number of hydrogen-bond acceptors (Lipinski definition) is 6. The maximum absolute atomic E-state index is 12.0. The molecule has 2 N–H and O–H groups in total. The van der Waals surface area contributed by atoms with E-state index >= 15 is 0 Å². The third-order valence-electron chi connectivity index (χ3n) is 3.68. The van der Waals surface area contributed by atoms with Gasteiger partial charge in [-0.05, 0) is 38.8 Å². The van der Waals surface area contributed by atoms with Gasteiger partial charge < -0.3 is 5.11 Å². The molecule has 0 radical (unpaired) electrons. The second-order valence-electron chi connectivity index (χ2n) is 5.62. The predicted octanol–water partition coefficient (Wildman–Crippen LogP) is 2.36. The molecule has 1 aliphatic carbocycles. The number of nitrogens with zero attached hydrogens (tertiary/aromatic N) is 3.